The summed E-state index contributed by atoms with van der Waals surface area (Å²) in [4.78, 5) is 31.8. The minimum Gasteiger partial charge on any atom is -0.351 e. The van der Waals surface area contributed by atoms with Gasteiger partial charge in [0.1, 0.15) is 0 Å². The van der Waals surface area contributed by atoms with Crippen LogP contribution in [0.1, 0.15) is 75.7 Å². The van der Waals surface area contributed by atoms with Crippen LogP contribution in [0.3, 0.4) is 0 Å². The number of fused-ring (bicyclic) bond motifs is 1. The molecule has 1 aliphatic heterocycles. The Morgan fingerprint density at radius 2 is 1.67 bits per heavy atom. The Labute approximate surface area is 212 Å². The molecule has 0 unspecified atom stereocenters. The molecule has 36 heavy (non-hydrogen) atoms. The number of rotatable bonds is 5. The number of carbonyl (C=O) groups excluding carboxylic acids is 2. The van der Waals surface area contributed by atoms with E-state index in [2.05, 4.69) is 37.8 Å². The molecule has 7 nitrogen and oxygen atoms in total. The number of nitrogens with zero attached hydrogens (tertiary/aromatic N) is 4. The fraction of sp³-hybridized carbons (Fsp3) is 0.593. The van der Waals surface area contributed by atoms with Crippen LogP contribution in [0.5, 0.6) is 0 Å². The normalized spacial score (nSPS) is 16.1. The highest BCUT2D eigenvalue weighted by Crippen LogP contribution is 2.28. The molecule has 0 saturated carbocycles. The van der Waals surface area contributed by atoms with Gasteiger partial charge >= 0.3 is 0 Å². The van der Waals surface area contributed by atoms with E-state index in [0.717, 1.165) is 25.2 Å². The van der Waals surface area contributed by atoms with Crippen LogP contribution in [0, 0.1) is 17.6 Å². The van der Waals surface area contributed by atoms with Gasteiger partial charge in [-0.25, -0.2) is 8.78 Å². The van der Waals surface area contributed by atoms with Gasteiger partial charge in [0.2, 0.25) is 11.7 Å². The summed E-state index contributed by atoms with van der Waals surface area (Å²) in [6.45, 7) is 12.4. The first-order chi connectivity index (χ1) is 17.1. The number of anilines is 1. The number of halogens is 2. The highest BCUT2D eigenvalue weighted by atomic mass is 19.2. The van der Waals surface area contributed by atoms with Gasteiger partial charge in [0.15, 0.2) is 11.6 Å². The van der Waals surface area contributed by atoms with Crippen molar-refractivity contribution < 1.29 is 22.9 Å². The number of amides is 2. The quantitative estimate of drug-likeness (QED) is 0.571. The van der Waals surface area contributed by atoms with Crippen molar-refractivity contribution in [3.63, 3.8) is 0 Å². The SMILES string of the molecule is CCC(=O)N1CCCN(C(C)C)CCCN(C(=O)c2cc(CC(C)C)no2)Cc2cc(F)c(F)cc21. The van der Waals surface area contributed by atoms with E-state index >= 15 is 0 Å². The third-order valence-corrected chi connectivity index (χ3v) is 6.48. The number of hydrogen-bond donors (Lipinski definition) is 0. The molecule has 2 amide bonds. The molecular weight excluding hydrogens is 466 g/mol. The Kier molecular flexibility index (Phi) is 9.59. The summed E-state index contributed by atoms with van der Waals surface area (Å²) in [5.74, 6) is -2.11. The van der Waals surface area contributed by atoms with Crippen LogP contribution in [0.15, 0.2) is 22.7 Å². The predicted octanol–water partition coefficient (Wildman–Crippen LogP) is 5.04. The molecule has 0 spiro atoms. The summed E-state index contributed by atoms with van der Waals surface area (Å²) in [7, 11) is 0. The molecule has 1 aromatic heterocycles. The van der Waals surface area contributed by atoms with Gasteiger partial charge in [0, 0.05) is 57.3 Å². The van der Waals surface area contributed by atoms with Gasteiger partial charge in [0.05, 0.1) is 11.4 Å². The third-order valence-electron chi connectivity index (χ3n) is 6.48. The molecule has 2 aromatic rings. The summed E-state index contributed by atoms with van der Waals surface area (Å²) in [5.41, 5.74) is 1.38. The summed E-state index contributed by atoms with van der Waals surface area (Å²) < 4.78 is 34.1. The van der Waals surface area contributed by atoms with E-state index in [-0.39, 0.29) is 30.5 Å². The summed E-state index contributed by atoms with van der Waals surface area (Å²) in [6.07, 6.45) is 2.31. The Morgan fingerprint density at radius 3 is 2.31 bits per heavy atom. The van der Waals surface area contributed by atoms with Gasteiger partial charge in [-0.2, -0.15) is 0 Å². The van der Waals surface area contributed by atoms with Crippen LogP contribution >= 0.6 is 0 Å². The topological polar surface area (TPSA) is 69.9 Å². The highest BCUT2D eigenvalue weighted by molar-refractivity contribution is 5.94. The average molecular weight is 505 g/mol. The highest BCUT2D eigenvalue weighted by Gasteiger charge is 2.27. The minimum atomic E-state index is -1.02. The molecule has 2 heterocycles. The van der Waals surface area contributed by atoms with Gasteiger partial charge in [-0.05, 0) is 50.7 Å². The molecule has 9 heteroatoms. The summed E-state index contributed by atoms with van der Waals surface area (Å²) >= 11 is 0. The van der Waals surface area contributed by atoms with Crippen molar-refractivity contribution >= 4 is 17.5 Å². The molecule has 0 fully saturated rings. The molecule has 1 aliphatic rings. The molecule has 0 aliphatic carbocycles. The van der Waals surface area contributed by atoms with Crippen LogP contribution in [0.4, 0.5) is 14.5 Å². The van der Waals surface area contributed by atoms with Crippen LogP contribution in [0.2, 0.25) is 0 Å². The molecular formula is C27H38F2N4O3. The zero-order valence-corrected chi connectivity index (χ0v) is 22.0. The second-order valence-electron chi connectivity index (χ2n) is 10.1. The number of aromatic nitrogens is 1. The number of carbonyl (C=O) groups is 2. The maximum Gasteiger partial charge on any atom is 0.292 e. The van der Waals surface area contributed by atoms with Crippen molar-refractivity contribution in [2.75, 3.05) is 31.1 Å². The summed E-state index contributed by atoms with van der Waals surface area (Å²) in [6, 6.07) is 4.11. The van der Waals surface area contributed by atoms with Crippen molar-refractivity contribution in [2.24, 2.45) is 5.92 Å². The smallest absolute Gasteiger partial charge is 0.292 e. The number of benzene rings is 1. The van der Waals surface area contributed by atoms with E-state index in [1.807, 2.05) is 0 Å². The fourth-order valence-corrected chi connectivity index (χ4v) is 4.59. The lowest BCUT2D eigenvalue weighted by Gasteiger charge is -2.32. The lowest BCUT2D eigenvalue weighted by Crippen LogP contribution is -2.40. The standard InChI is InChI=1S/C27H38F2N4O3/c1-6-26(34)33-12-8-10-31(19(4)5)9-7-11-32(17-20-14-22(28)23(29)16-24(20)33)27(35)25-15-21(30-36-25)13-18(2)3/h14-16,18-19H,6-13,17H2,1-5H3. The number of hydrogen-bond acceptors (Lipinski definition) is 5. The molecule has 0 radical (unpaired) electrons. The Morgan fingerprint density at radius 1 is 1.00 bits per heavy atom. The largest absolute Gasteiger partial charge is 0.351 e. The maximum atomic E-state index is 14.4. The van der Waals surface area contributed by atoms with Crippen LogP contribution < -0.4 is 4.90 Å². The van der Waals surface area contributed by atoms with E-state index in [9.17, 15) is 18.4 Å². The van der Waals surface area contributed by atoms with E-state index in [4.69, 9.17) is 4.52 Å². The van der Waals surface area contributed by atoms with E-state index in [1.54, 1.807) is 17.9 Å². The van der Waals surface area contributed by atoms with Crippen molar-refractivity contribution in [3.05, 3.63) is 46.9 Å². The fourth-order valence-electron chi connectivity index (χ4n) is 4.59. The first kappa shape index (κ1) is 27.8. The van der Waals surface area contributed by atoms with Crippen LogP contribution in [-0.2, 0) is 17.8 Å². The monoisotopic (exact) mass is 504 g/mol. The van der Waals surface area contributed by atoms with Gasteiger partial charge in [-0.3, -0.25) is 9.59 Å². The van der Waals surface area contributed by atoms with Crippen molar-refractivity contribution in [2.45, 2.75) is 72.9 Å². The van der Waals surface area contributed by atoms with Crippen LogP contribution in [0.25, 0.3) is 0 Å². The minimum absolute atomic E-state index is 0.0146. The molecule has 3 rings (SSSR count). The van der Waals surface area contributed by atoms with Crippen molar-refractivity contribution in [3.8, 4) is 0 Å². The van der Waals surface area contributed by atoms with Crippen molar-refractivity contribution in [1.29, 1.82) is 0 Å². The Bertz CT molecular complexity index is 1050. The molecule has 0 saturated heterocycles. The van der Waals surface area contributed by atoms with Gasteiger partial charge in [-0.15, -0.1) is 0 Å². The second kappa shape index (κ2) is 12.4. The van der Waals surface area contributed by atoms with E-state index in [0.29, 0.717) is 61.3 Å². The lowest BCUT2D eigenvalue weighted by atomic mass is 10.1. The molecule has 198 valence electrons. The molecule has 0 atom stereocenters. The zero-order valence-electron chi connectivity index (χ0n) is 22.0. The zero-order chi connectivity index (χ0) is 26.4. The van der Waals surface area contributed by atoms with E-state index < -0.39 is 11.6 Å². The lowest BCUT2D eigenvalue weighted by molar-refractivity contribution is -0.118. The first-order valence-electron chi connectivity index (χ1n) is 12.9. The molecule has 0 N–H and O–H groups in total. The third kappa shape index (κ3) is 6.90. The Hall–Kier alpha value is -2.81. The van der Waals surface area contributed by atoms with Crippen molar-refractivity contribution in [1.82, 2.24) is 15.0 Å². The van der Waals surface area contributed by atoms with Gasteiger partial charge < -0.3 is 19.2 Å². The second-order valence-corrected chi connectivity index (χ2v) is 10.1. The molecule has 0 bridgehead atoms. The van der Waals surface area contributed by atoms with E-state index in [1.165, 1.54) is 4.90 Å². The van der Waals surface area contributed by atoms with Gasteiger partial charge in [0.25, 0.3) is 5.91 Å². The first-order valence-corrected chi connectivity index (χ1v) is 12.9. The Balaban J connectivity index is 2.02. The van der Waals surface area contributed by atoms with Crippen LogP contribution in [-0.4, -0.2) is 59.0 Å². The summed E-state index contributed by atoms with van der Waals surface area (Å²) in [5, 5.41) is 4.03. The average Bonchev–Trinajstić information content (AvgIpc) is 3.28. The maximum absolute atomic E-state index is 14.4. The predicted molar refractivity (Wildman–Crippen MR) is 135 cm³/mol. The van der Waals surface area contributed by atoms with Gasteiger partial charge in [-0.1, -0.05) is 25.9 Å². The molecule has 1 aromatic carbocycles.